The van der Waals surface area contributed by atoms with Crippen molar-refractivity contribution < 1.29 is 4.57 Å². The predicted molar refractivity (Wildman–Crippen MR) is 120 cm³/mol. The van der Waals surface area contributed by atoms with Crippen LogP contribution in [0.2, 0.25) is 0 Å². The fourth-order valence-electron chi connectivity index (χ4n) is 3.56. The highest BCUT2D eigenvalue weighted by Crippen LogP contribution is 2.24. The van der Waals surface area contributed by atoms with Gasteiger partial charge in [-0.2, -0.15) is 4.57 Å². The van der Waals surface area contributed by atoms with Crippen LogP contribution in [0.3, 0.4) is 0 Å². The van der Waals surface area contributed by atoms with Gasteiger partial charge in [0.15, 0.2) is 12.4 Å². The zero-order valence-electron chi connectivity index (χ0n) is 16.4. The molecule has 3 heteroatoms. The van der Waals surface area contributed by atoms with Gasteiger partial charge in [-0.1, -0.05) is 24.3 Å². The quantitative estimate of drug-likeness (QED) is 0.368. The second-order valence-electron chi connectivity index (χ2n) is 7.09. The van der Waals surface area contributed by atoms with Crippen molar-refractivity contribution in [3.63, 3.8) is 0 Å². The van der Waals surface area contributed by atoms with Gasteiger partial charge in [-0.15, -0.1) is 0 Å². The van der Waals surface area contributed by atoms with Gasteiger partial charge in [0.2, 0.25) is 5.69 Å². The molecule has 0 N–H and O–H groups in total. The van der Waals surface area contributed by atoms with Crippen LogP contribution in [-0.2, 0) is 0 Å². The highest BCUT2D eigenvalue weighted by Gasteiger charge is 2.08. The average molecular weight is 386 g/mol. The maximum absolute atomic E-state index is 4.08. The minimum atomic E-state index is 1.13. The molecule has 3 nitrogen and oxygen atoms in total. The summed E-state index contributed by atoms with van der Waals surface area (Å²) in [6.45, 7) is 0. The van der Waals surface area contributed by atoms with Gasteiger partial charge in [0.25, 0.3) is 0 Å². The van der Waals surface area contributed by atoms with Crippen molar-refractivity contribution in [2.24, 2.45) is 0 Å². The molecule has 142 valence electrons. The van der Waals surface area contributed by atoms with E-state index < -0.39 is 0 Å². The van der Waals surface area contributed by atoms with Gasteiger partial charge in [0.1, 0.15) is 0 Å². The smallest absolute Gasteiger partial charge is 0.210 e. The van der Waals surface area contributed by atoms with Gasteiger partial charge in [-0.25, -0.2) is 0 Å². The molecule has 0 aliphatic carbocycles. The van der Waals surface area contributed by atoms with E-state index >= 15 is 0 Å². The largest absolute Gasteiger partial charge is 0.265 e. The molecule has 0 atom stereocenters. The highest BCUT2D eigenvalue weighted by molar-refractivity contribution is 5.69. The van der Waals surface area contributed by atoms with Crippen LogP contribution in [0.1, 0.15) is 0 Å². The topological polar surface area (TPSA) is 29.7 Å². The molecule has 0 amide bonds. The van der Waals surface area contributed by atoms with Gasteiger partial charge >= 0.3 is 0 Å². The van der Waals surface area contributed by atoms with Crippen LogP contribution in [0.4, 0.5) is 0 Å². The Labute approximate surface area is 176 Å². The zero-order chi connectivity index (χ0) is 20.2. The first kappa shape index (κ1) is 18.0. The monoisotopic (exact) mass is 386 g/mol. The molecule has 3 aromatic heterocycles. The standard InChI is InChI=1S/C27H20N3/c1-3-22(4-2-21(1)24-9-15-28-16-10-24)26-13-19-30(20-14-26)27-7-5-23(6-8-27)25-11-17-29-18-12-25/h1-20H/q+1. The summed E-state index contributed by atoms with van der Waals surface area (Å²) in [4.78, 5) is 8.17. The number of hydrogen-bond donors (Lipinski definition) is 0. The predicted octanol–water partition coefficient (Wildman–Crippen LogP) is 5.75. The summed E-state index contributed by atoms with van der Waals surface area (Å²) < 4.78 is 2.13. The van der Waals surface area contributed by atoms with Crippen LogP contribution >= 0.6 is 0 Å². The minimum absolute atomic E-state index is 1.13. The van der Waals surface area contributed by atoms with Crippen LogP contribution in [-0.4, -0.2) is 9.97 Å². The Bertz CT molecular complexity index is 1130. The molecule has 0 aliphatic heterocycles. The van der Waals surface area contributed by atoms with Crippen molar-refractivity contribution in [2.45, 2.75) is 0 Å². The Morgan fingerprint density at radius 3 is 1.13 bits per heavy atom. The molecule has 3 heterocycles. The lowest BCUT2D eigenvalue weighted by atomic mass is 10.0. The SMILES string of the molecule is c1cc(-c2ccc(-c3cc[n+](-c4ccc(-c5ccncc5)cc4)cc3)cc2)ccn1. The summed E-state index contributed by atoms with van der Waals surface area (Å²) in [5.74, 6) is 0. The Morgan fingerprint density at radius 1 is 0.367 bits per heavy atom. The molecule has 0 saturated carbocycles. The van der Waals surface area contributed by atoms with Crippen molar-refractivity contribution >= 4 is 0 Å². The summed E-state index contributed by atoms with van der Waals surface area (Å²) >= 11 is 0. The number of nitrogens with zero attached hydrogens (tertiary/aromatic N) is 3. The number of pyridine rings is 3. The average Bonchev–Trinajstić information content (AvgIpc) is 2.85. The molecular weight excluding hydrogens is 366 g/mol. The van der Waals surface area contributed by atoms with Crippen molar-refractivity contribution in [2.75, 3.05) is 0 Å². The zero-order valence-corrected chi connectivity index (χ0v) is 16.4. The van der Waals surface area contributed by atoms with Crippen molar-refractivity contribution in [1.29, 1.82) is 0 Å². The number of benzene rings is 2. The molecule has 0 aliphatic rings. The summed E-state index contributed by atoms with van der Waals surface area (Å²) in [7, 11) is 0. The van der Waals surface area contributed by atoms with Crippen LogP contribution in [0.25, 0.3) is 39.1 Å². The molecule has 0 saturated heterocycles. The molecule has 0 unspecified atom stereocenters. The van der Waals surface area contributed by atoms with Gasteiger partial charge in [-0.3, -0.25) is 9.97 Å². The first-order valence-electron chi connectivity index (χ1n) is 9.90. The van der Waals surface area contributed by atoms with E-state index in [4.69, 9.17) is 0 Å². The summed E-state index contributed by atoms with van der Waals surface area (Å²) in [6, 6.07) is 29.6. The summed E-state index contributed by atoms with van der Waals surface area (Å²) in [5, 5.41) is 0. The second-order valence-corrected chi connectivity index (χ2v) is 7.09. The summed E-state index contributed by atoms with van der Waals surface area (Å²) in [6.07, 6.45) is 11.5. The van der Waals surface area contributed by atoms with Crippen LogP contribution in [0.15, 0.2) is 122 Å². The van der Waals surface area contributed by atoms with E-state index in [2.05, 4.69) is 87.6 Å². The Balaban J connectivity index is 1.35. The summed E-state index contributed by atoms with van der Waals surface area (Å²) in [5.41, 5.74) is 8.26. The van der Waals surface area contributed by atoms with E-state index in [9.17, 15) is 0 Å². The van der Waals surface area contributed by atoms with Crippen LogP contribution in [0.5, 0.6) is 0 Å². The van der Waals surface area contributed by atoms with E-state index in [-0.39, 0.29) is 0 Å². The normalized spacial score (nSPS) is 10.7. The maximum Gasteiger partial charge on any atom is 0.210 e. The maximum atomic E-state index is 4.08. The Morgan fingerprint density at radius 2 is 0.700 bits per heavy atom. The van der Waals surface area contributed by atoms with Gasteiger partial charge in [0.05, 0.1) is 0 Å². The van der Waals surface area contributed by atoms with Gasteiger partial charge < -0.3 is 0 Å². The molecule has 0 radical (unpaired) electrons. The van der Waals surface area contributed by atoms with Crippen LogP contribution in [0, 0.1) is 0 Å². The number of hydrogen-bond acceptors (Lipinski definition) is 2. The third kappa shape index (κ3) is 3.74. The molecule has 2 aromatic carbocycles. The lowest BCUT2D eigenvalue weighted by molar-refractivity contribution is -0.595. The van der Waals surface area contributed by atoms with E-state index in [1.165, 1.54) is 33.4 Å². The van der Waals surface area contributed by atoms with Crippen molar-refractivity contribution in [1.82, 2.24) is 9.97 Å². The molecular formula is C27H20N3+. The lowest BCUT2D eigenvalue weighted by Crippen LogP contribution is -2.28. The van der Waals surface area contributed by atoms with E-state index in [1.54, 1.807) is 0 Å². The lowest BCUT2D eigenvalue weighted by Gasteiger charge is -2.05. The van der Waals surface area contributed by atoms with E-state index in [0.29, 0.717) is 0 Å². The molecule has 5 aromatic rings. The molecule has 5 rings (SSSR count). The van der Waals surface area contributed by atoms with Crippen LogP contribution < -0.4 is 4.57 Å². The fourth-order valence-corrected chi connectivity index (χ4v) is 3.56. The molecule has 30 heavy (non-hydrogen) atoms. The third-order valence-corrected chi connectivity index (χ3v) is 5.24. The van der Waals surface area contributed by atoms with Gasteiger partial charge in [-0.05, 0) is 69.8 Å². The first-order valence-corrected chi connectivity index (χ1v) is 9.90. The van der Waals surface area contributed by atoms with E-state index in [1.807, 2.05) is 49.1 Å². The second kappa shape index (κ2) is 8.10. The number of rotatable bonds is 4. The number of aromatic nitrogens is 3. The minimum Gasteiger partial charge on any atom is -0.265 e. The third-order valence-electron chi connectivity index (χ3n) is 5.24. The van der Waals surface area contributed by atoms with E-state index in [0.717, 1.165) is 5.69 Å². The molecule has 0 spiro atoms. The van der Waals surface area contributed by atoms with Crippen molar-refractivity contribution in [3.05, 3.63) is 122 Å². The van der Waals surface area contributed by atoms with Crippen molar-refractivity contribution in [3.8, 4) is 39.1 Å². The highest BCUT2D eigenvalue weighted by atomic mass is 14.9. The Kier molecular flexibility index (Phi) is 4.84. The van der Waals surface area contributed by atoms with Gasteiger partial charge in [0, 0.05) is 49.1 Å². The first-order chi connectivity index (χ1) is 14.9. The molecule has 0 bridgehead atoms. The Hall–Kier alpha value is -4.11. The fraction of sp³-hybridized carbons (Fsp3) is 0. The molecule has 0 fully saturated rings.